The molecule has 0 spiro atoms. The van der Waals surface area contributed by atoms with Crippen LogP contribution in [0.1, 0.15) is 46.5 Å². The van der Waals surface area contributed by atoms with E-state index in [2.05, 4.69) is 10.6 Å². The summed E-state index contributed by atoms with van der Waals surface area (Å²) in [5.41, 5.74) is -0.102. The Bertz CT molecular complexity index is 298. The maximum absolute atomic E-state index is 11.7. The number of nitrogens with one attached hydrogen (secondary N) is 2. The molecule has 17 heavy (non-hydrogen) atoms. The first kappa shape index (κ1) is 13.8. The number of carboxylic acids is 1. The molecule has 1 unspecified atom stereocenters. The number of carbonyl (C=O) groups excluding carboxylic acids is 1. The Balaban J connectivity index is 2.43. The highest BCUT2D eigenvalue weighted by Gasteiger charge is 2.33. The van der Waals surface area contributed by atoms with Crippen molar-refractivity contribution in [2.24, 2.45) is 5.92 Å². The van der Waals surface area contributed by atoms with Crippen molar-refractivity contribution in [1.82, 2.24) is 10.6 Å². The van der Waals surface area contributed by atoms with Gasteiger partial charge in [-0.25, -0.2) is 4.79 Å². The average Bonchev–Trinajstić information content (AvgIpc) is 2.13. The number of carbonyl (C=O) groups is 2. The summed E-state index contributed by atoms with van der Waals surface area (Å²) in [6, 6.07) is -0.580. The van der Waals surface area contributed by atoms with Gasteiger partial charge >= 0.3 is 12.0 Å². The van der Waals surface area contributed by atoms with E-state index in [-0.39, 0.29) is 30.0 Å². The molecule has 0 radical (unpaired) electrons. The van der Waals surface area contributed by atoms with E-state index in [4.69, 9.17) is 5.11 Å². The van der Waals surface area contributed by atoms with Crippen LogP contribution in [0.3, 0.4) is 0 Å². The van der Waals surface area contributed by atoms with E-state index < -0.39 is 5.97 Å². The zero-order valence-corrected chi connectivity index (χ0v) is 10.7. The third-order valence-corrected chi connectivity index (χ3v) is 3.39. The van der Waals surface area contributed by atoms with Gasteiger partial charge in [0, 0.05) is 11.6 Å². The van der Waals surface area contributed by atoms with Gasteiger partial charge in [-0.05, 0) is 32.1 Å². The van der Waals surface area contributed by atoms with Crippen LogP contribution in [0.5, 0.6) is 0 Å². The third-order valence-electron chi connectivity index (χ3n) is 3.39. The summed E-state index contributed by atoms with van der Waals surface area (Å²) >= 11 is 0. The molecule has 5 nitrogen and oxygen atoms in total. The van der Waals surface area contributed by atoms with Gasteiger partial charge in [0.05, 0.1) is 6.42 Å². The van der Waals surface area contributed by atoms with Gasteiger partial charge in [-0.3, -0.25) is 4.79 Å². The van der Waals surface area contributed by atoms with Crippen LogP contribution in [0.15, 0.2) is 0 Å². The van der Waals surface area contributed by atoms with Crippen LogP contribution >= 0.6 is 0 Å². The molecule has 3 N–H and O–H groups in total. The van der Waals surface area contributed by atoms with Gasteiger partial charge in [0.2, 0.25) is 0 Å². The number of carboxylic acid groups (broad SMARTS) is 1. The minimum Gasteiger partial charge on any atom is -0.481 e. The van der Waals surface area contributed by atoms with Crippen molar-refractivity contribution in [1.29, 1.82) is 0 Å². The Hall–Kier alpha value is -1.26. The number of rotatable bonds is 5. The molecular formula is C12H22N2O3. The topological polar surface area (TPSA) is 78.4 Å². The minimum atomic E-state index is -0.890. The summed E-state index contributed by atoms with van der Waals surface area (Å²) in [6.45, 7) is 5.82. The lowest BCUT2D eigenvalue weighted by Gasteiger charge is -2.39. The van der Waals surface area contributed by atoms with E-state index in [1.807, 2.05) is 20.8 Å². The van der Waals surface area contributed by atoms with E-state index in [0.29, 0.717) is 0 Å². The minimum absolute atomic E-state index is 0.0399. The van der Waals surface area contributed by atoms with Gasteiger partial charge in [-0.15, -0.1) is 0 Å². The summed E-state index contributed by atoms with van der Waals surface area (Å²) < 4.78 is 0. The highest BCUT2D eigenvalue weighted by atomic mass is 16.4. The Morgan fingerprint density at radius 3 is 2.29 bits per heavy atom. The quantitative estimate of drug-likeness (QED) is 0.687. The van der Waals surface area contributed by atoms with Crippen LogP contribution in [0, 0.1) is 5.92 Å². The molecule has 98 valence electrons. The summed E-state index contributed by atoms with van der Waals surface area (Å²) in [6.07, 6.45) is 3.08. The largest absolute Gasteiger partial charge is 0.481 e. The van der Waals surface area contributed by atoms with Gasteiger partial charge in [-0.1, -0.05) is 13.8 Å². The molecular weight excluding hydrogens is 220 g/mol. The first-order valence-corrected chi connectivity index (χ1v) is 6.13. The van der Waals surface area contributed by atoms with Crippen LogP contribution < -0.4 is 10.6 Å². The van der Waals surface area contributed by atoms with Crippen LogP contribution in [0.2, 0.25) is 0 Å². The van der Waals surface area contributed by atoms with Gasteiger partial charge in [0.25, 0.3) is 0 Å². The smallest absolute Gasteiger partial charge is 0.315 e. The summed E-state index contributed by atoms with van der Waals surface area (Å²) in [5.74, 6) is -0.787. The summed E-state index contributed by atoms with van der Waals surface area (Å²) in [5, 5.41) is 14.4. The van der Waals surface area contributed by atoms with Crippen molar-refractivity contribution in [2.75, 3.05) is 0 Å². The Morgan fingerprint density at radius 1 is 1.35 bits per heavy atom. The maximum atomic E-state index is 11.7. The van der Waals surface area contributed by atoms with Crippen molar-refractivity contribution in [3.8, 4) is 0 Å². The van der Waals surface area contributed by atoms with E-state index >= 15 is 0 Å². The number of hydrogen-bond acceptors (Lipinski definition) is 2. The zero-order chi connectivity index (χ0) is 13.1. The first-order chi connectivity index (χ1) is 7.82. The third kappa shape index (κ3) is 4.24. The molecule has 0 bridgehead atoms. The van der Waals surface area contributed by atoms with Crippen molar-refractivity contribution in [3.05, 3.63) is 0 Å². The molecule has 2 amide bonds. The zero-order valence-electron chi connectivity index (χ0n) is 10.7. The van der Waals surface area contributed by atoms with Gasteiger partial charge in [0.15, 0.2) is 0 Å². The van der Waals surface area contributed by atoms with Crippen molar-refractivity contribution in [2.45, 2.75) is 58.0 Å². The second-order valence-electron chi connectivity index (χ2n) is 5.46. The van der Waals surface area contributed by atoms with Gasteiger partial charge < -0.3 is 15.7 Å². The molecule has 5 heteroatoms. The highest BCUT2D eigenvalue weighted by molar-refractivity contribution is 5.76. The number of hydrogen-bond donors (Lipinski definition) is 3. The van der Waals surface area contributed by atoms with Gasteiger partial charge in [-0.2, -0.15) is 0 Å². The first-order valence-electron chi connectivity index (χ1n) is 6.13. The van der Waals surface area contributed by atoms with E-state index in [0.717, 1.165) is 19.3 Å². The molecule has 1 aliphatic carbocycles. The normalized spacial score (nSPS) is 19.3. The van der Waals surface area contributed by atoms with Crippen LogP contribution in [-0.2, 0) is 4.79 Å². The molecule has 1 aliphatic rings. The SMILES string of the molecule is CC(C)C(CC(=O)O)NC(=O)NC1(C)CCC1. The summed E-state index contributed by atoms with van der Waals surface area (Å²) in [7, 11) is 0. The Labute approximate surface area is 102 Å². The fraction of sp³-hybridized carbons (Fsp3) is 0.833. The highest BCUT2D eigenvalue weighted by Crippen LogP contribution is 2.30. The standard InChI is InChI=1S/C12H22N2O3/c1-8(2)9(7-10(15)16)13-11(17)14-12(3)5-4-6-12/h8-9H,4-7H2,1-3H3,(H,15,16)(H2,13,14,17). The molecule has 0 aromatic heterocycles. The monoisotopic (exact) mass is 242 g/mol. The molecule has 1 rings (SSSR count). The van der Waals surface area contributed by atoms with Crippen LogP contribution in [-0.4, -0.2) is 28.7 Å². The van der Waals surface area contributed by atoms with Crippen molar-refractivity contribution in [3.63, 3.8) is 0 Å². The lowest BCUT2D eigenvalue weighted by atomic mass is 9.79. The molecule has 0 heterocycles. The average molecular weight is 242 g/mol. The van der Waals surface area contributed by atoms with Gasteiger partial charge in [0.1, 0.15) is 0 Å². The number of urea groups is 1. The molecule has 0 aromatic carbocycles. The van der Waals surface area contributed by atoms with Crippen LogP contribution in [0.25, 0.3) is 0 Å². The lowest BCUT2D eigenvalue weighted by molar-refractivity contribution is -0.137. The fourth-order valence-corrected chi connectivity index (χ4v) is 1.95. The second kappa shape index (κ2) is 5.38. The number of amides is 2. The Morgan fingerprint density at radius 2 is 1.94 bits per heavy atom. The Kier molecular flexibility index (Phi) is 4.37. The fourth-order valence-electron chi connectivity index (χ4n) is 1.95. The maximum Gasteiger partial charge on any atom is 0.315 e. The predicted octanol–water partition coefficient (Wildman–Crippen LogP) is 1.73. The predicted molar refractivity (Wildman–Crippen MR) is 64.8 cm³/mol. The second-order valence-corrected chi connectivity index (χ2v) is 5.46. The number of aliphatic carboxylic acids is 1. The molecule has 0 aromatic rings. The van der Waals surface area contributed by atoms with E-state index in [1.165, 1.54) is 0 Å². The molecule has 0 aliphatic heterocycles. The molecule has 1 saturated carbocycles. The van der Waals surface area contributed by atoms with E-state index in [9.17, 15) is 9.59 Å². The molecule has 1 fully saturated rings. The van der Waals surface area contributed by atoms with Crippen molar-refractivity contribution < 1.29 is 14.7 Å². The van der Waals surface area contributed by atoms with E-state index in [1.54, 1.807) is 0 Å². The molecule has 1 atom stereocenters. The lowest BCUT2D eigenvalue weighted by Crippen LogP contribution is -2.56. The summed E-state index contributed by atoms with van der Waals surface area (Å²) in [4.78, 5) is 22.4. The van der Waals surface area contributed by atoms with Crippen LogP contribution in [0.4, 0.5) is 4.79 Å². The molecule has 0 saturated heterocycles. The van der Waals surface area contributed by atoms with Crippen molar-refractivity contribution >= 4 is 12.0 Å².